The molecule has 3 nitrogen and oxygen atoms in total. The summed E-state index contributed by atoms with van der Waals surface area (Å²) in [7, 11) is 0. The second-order valence-electron chi connectivity index (χ2n) is 6.01. The topological polar surface area (TPSA) is 54.4 Å². The van der Waals surface area contributed by atoms with E-state index in [-0.39, 0.29) is 22.9 Å². The number of phenolic OH excluding ortho intramolecular Hbond substituents is 1. The maximum atomic E-state index is 13.0. The lowest BCUT2D eigenvalue weighted by Crippen LogP contribution is -2.22. The zero-order chi connectivity index (χ0) is 16.3. The van der Waals surface area contributed by atoms with E-state index < -0.39 is 0 Å². The van der Waals surface area contributed by atoms with Crippen LogP contribution in [0.3, 0.4) is 0 Å². The first kappa shape index (κ1) is 13.7. The third-order valence-corrected chi connectivity index (χ3v) is 4.61. The van der Waals surface area contributed by atoms with E-state index in [1.807, 2.05) is 38.1 Å². The maximum absolute atomic E-state index is 13.0. The van der Waals surface area contributed by atoms with Crippen LogP contribution >= 0.6 is 0 Å². The minimum Gasteiger partial charge on any atom is -0.507 e. The number of benzene rings is 3. The normalized spacial score (nSPS) is 13.1. The van der Waals surface area contributed by atoms with Gasteiger partial charge in [-0.05, 0) is 53.9 Å². The predicted octanol–water partition coefficient (Wildman–Crippen LogP) is 3.94. The summed E-state index contributed by atoms with van der Waals surface area (Å²) in [5.74, 6) is -0.633. The molecule has 0 bridgehead atoms. The lowest BCUT2D eigenvalue weighted by Gasteiger charge is -2.21. The van der Waals surface area contributed by atoms with E-state index in [1.54, 1.807) is 18.2 Å². The van der Waals surface area contributed by atoms with Crippen LogP contribution < -0.4 is 0 Å². The van der Waals surface area contributed by atoms with Gasteiger partial charge in [0.2, 0.25) is 0 Å². The summed E-state index contributed by atoms with van der Waals surface area (Å²) in [6.07, 6.45) is 0. The van der Waals surface area contributed by atoms with Crippen LogP contribution in [0.25, 0.3) is 10.8 Å². The molecule has 0 saturated heterocycles. The van der Waals surface area contributed by atoms with Crippen LogP contribution in [-0.4, -0.2) is 16.7 Å². The first-order valence-corrected chi connectivity index (χ1v) is 7.44. The highest BCUT2D eigenvalue weighted by Gasteiger charge is 2.34. The van der Waals surface area contributed by atoms with Crippen LogP contribution in [0, 0.1) is 13.8 Å². The number of carbonyl (C=O) groups excluding carboxylic acids is 2. The molecule has 0 unspecified atom stereocenters. The van der Waals surface area contributed by atoms with Gasteiger partial charge >= 0.3 is 0 Å². The summed E-state index contributed by atoms with van der Waals surface area (Å²) >= 11 is 0. The second kappa shape index (κ2) is 4.53. The smallest absolute Gasteiger partial charge is 0.198 e. The Balaban J connectivity index is 2.15. The zero-order valence-electron chi connectivity index (χ0n) is 12.8. The van der Waals surface area contributed by atoms with E-state index in [0.29, 0.717) is 22.1 Å². The Kier molecular flexibility index (Phi) is 2.70. The molecule has 0 amide bonds. The van der Waals surface area contributed by atoms with E-state index in [1.165, 1.54) is 0 Å². The third-order valence-electron chi connectivity index (χ3n) is 4.61. The number of phenols is 1. The molecule has 0 fully saturated rings. The Bertz CT molecular complexity index is 1030. The molecule has 0 saturated carbocycles. The fourth-order valence-electron chi connectivity index (χ4n) is 3.26. The molecule has 3 aromatic carbocycles. The maximum Gasteiger partial charge on any atom is 0.198 e. The van der Waals surface area contributed by atoms with Crippen molar-refractivity contribution in [1.82, 2.24) is 0 Å². The predicted molar refractivity (Wildman–Crippen MR) is 88.4 cm³/mol. The van der Waals surface area contributed by atoms with Crippen LogP contribution in [0.1, 0.15) is 43.0 Å². The molecule has 0 atom stereocenters. The molecule has 4 rings (SSSR count). The Morgan fingerprint density at radius 2 is 1.35 bits per heavy atom. The lowest BCUT2D eigenvalue weighted by molar-refractivity contribution is 0.0978. The van der Waals surface area contributed by atoms with Crippen molar-refractivity contribution in [3.63, 3.8) is 0 Å². The number of carbonyl (C=O) groups is 2. The van der Waals surface area contributed by atoms with E-state index in [2.05, 4.69) is 0 Å². The molecular weight excluding hydrogens is 288 g/mol. The zero-order valence-corrected chi connectivity index (χ0v) is 12.8. The van der Waals surface area contributed by atoms with Crippen LogP contribution in [0.15, 0.2) is 42.5 Å². The number of ketones is 2. The minimum atomic E-state index is -0.291. The number of fused-ring (bicyclic) bond motifs is 4. The first-order chi connectivity index (χ1) is 11.0. The van der Waals surface area contributed by atoms with Gasteiger partial charge in [0, 0.05) is 16.7 Å². The van der Waals surface area contributed by atoms with Crippen molar-refractivity contribution in [2.75, 3.05) is 0 Å². The minimum absolute atomic E-state index is 0.115. The molecule has 1 N–H and O–H groups in total. The summed E-state index contributed by atoms with van der Waals surface area (Å²) in [5.41, 5.74) is 3.13. The van der Waals surface area contributed by atoms with Crippen molar-refractivity contribution in [2.45, 2.75) is 13.8 Å². The van der Waals surface area contributed by atoms with Crippen molar-refractivity contribution in [2.24, 2.45) is 0 Å². The van der Waals surface area contributed by atoms with Gasteiger partial charge in [-0.25, -0.2) is 0 Å². The Morgan fingerprint density at radius 1 is 0.783 bits per heavy atom. The number of hydrogen-bond donors (Lipinski definition) is 1. The average molecular weight is 302 g/mol. The molecule has 3 heteroatoms. The summed E-state index contributed by atoms with van der Waals surface area (Å²) < 4.78 is 0. The van der Waals surface area contributed by atoms with E-state index in [9.17, 15) is 14.7 Å². The molecule has 3 aromatic rings. The monoisotopic (exact) mass is 302 g/mol. The SMILES string of the molecule is Cc1cc2c(cc1C)C(=O)c1c(c(O)cc3ccccc13)C2=O. The molecule has 1 aliphatic carbocycles. The van der Waals surface area contributed by atoms with Crippen molar-refractivity contribution in [3.8, 4) is 5.75 Å². The van der Waals surface area contributed by atoms with Gasteiger partial charge in [-0.1, -0.05) is 24.3 Å². The van der Waals surface area contributed by atoms with Gasteiger partial charge in [-0.3, -0.25) is 9.59 Å². The molecule has 0 aromatic heterocycles. The van der Waals surface area contributed by atoms with E-state index in [4.69, 9.17) is 0 Å². The highest BCUT2D eigenvalue weighted by molar-refractivity contribution is 6.33. The van der Waals surface area contributed by atoms with Gasteiger partial charge < -0.3 is 5.11 Å². The molecule has 0 radical (unpaired) electrons. The highest BCUT2D eigenvalue weighted by atomic mass is 16.3. The van der Waals surface area contributed by atoms with Gasteiger partial charge in [0.1, 0.15) is 5.75 Å². The number of rotatable bonds is 0. The quantitative estimate of drug-likeness (QED) is 0.535. The molecular formula is C20H14O3. The molecule has 112 valence electrons. The number of aromatic hydroxyl groups is 1. The van der Waals surface area contributed by atoms with E-state index in [0.717, 1.165) is 16.5 Å². The van der Waals surface area contributed by atoms with Crippen molar-refractivity contribution in [3.05, 3.63) is 75.8 Å². The Morgan fingerprint density at radius 3 is 2.00 bits per heavy atom. The van der Waals surface area contributed by atoms with Crippen molar-refractivity contribution < 1.29 is 14.7 Å². The largest absolute Gasteiger partial charge is 0.507 e. The molecule has 0 heterocycles. The van der Waals surface area contributed by atoms with E-state index >= 15 is 0 Å². The van der Waals surface area contributed by atoms with Crippen molar-refractivity contribution in [1.29, 1.82) is 0 Å². The van der Waals surface area contributed by atoms with Gasteiger partial charge in [0.15, 0.2) is 11.6 Å². The first-order valence-electron chi connectivity index (χ1n) is 7.44. The van der Waals surface area contributed by atoms with Crippen LogP contribution in [0.4, 0.5) is 0 Å². The van der Waals surface area contributed by atoms with Crippen LogP contribution in [-0.2, 0) is 0 Å². The van der Waals surface area contributed by atoms with Gasteiger partial charge in [-0.15, -0.1) is 0 Å². The van der Waals surface area contributed by atoms with Gasteiger partial charge in [0.05, 0.1) is 5.56 Å². The highest BCUT2D eigenvalue weighted by Crippen LogP contribution is 2.38. The summed E-state index contributed by atoms with van der Waals surface area (Å²) in [4.78, 5) is 25.9. The fraction of sp³-hybridized carbons (Fsp3) is 0.100. The number of aryl methyl sites for hydroxylation is 2. The second-order valence-corrected chi connectivity index (χ2v) is 6.01. The third kappa shape index (κ3) is 1.77. The Hall–Kier alpha value is -2.94. The van der Waals surface area contributed by atoms with Crippen LogP contribution in [0.2, 0.25) is 0 Å². The molecule has 0 spiro atoms. The molecule has 0 aliphatic heterocycles. The van der Waals surface area contributed by atoms with Crippen molar-refractivity contribution >= 4 is 22.3 Å². The van der Waals surface area contributed by atoms with Gasteiger partial charge in [0.25, 0.3) is 0 Å². The number of hydrogen-bond acceptors (Lipinski definition) is 3. The lowest BCUT2D eigenvalue weighted by atomic mass is 9.80. The standard InChI is InChI=1S/C20H14O3/c1-10-7-14-15(8-11(10)2)20(23)18-16(21)9-12-5-3-4-6-13(12)17(18)19(14)22/h3-9,21H,1-2H3. The Labute approximate surface area is 133 Å². The summed E-state index contributed by atoms with van der Waals surface area (Å²) in [5, 5.41) is 11.8. The fourth-order valence-corrected chi connectivity index (χ4v) is 3.26. The van der Waals surface area contributed by atoms with Gasteiger partial charge in [-0.2, -0.15) is 0 Å². The summed E-state index contributed by atoms with van der Waals surface area (Å²) in [6, 6.07) is 12.4. The summed E-state index contributed by atoms with van der Waals surface area (Å²) in [6.45, 7) is 3.83. The average Bonchev–Trinajstić information content (AvgIpc) is 2.53. The van der Waals surface area contributed by atoms with Crippen LogP contribution in [0.5, 0.6) is 5.75 Å². The molecule has 23 heavy (non-hydrogen) atoms. The molecule has 1 aliphatic rings.